The number of aryl methyl sites for hydroxylation is 1. The normalized spacial score (nSPS) is 12.8. The Balaban J connectivity index is 2.20. The topological polar surface area (TPSA) is 37.8 Å². The second-order valence-electron chi connectivity index (χ2n) is 2.85. The molecule has 0 spiro atoms. The third-order valence-corrected chi connectivity index (χ3v) is 3.60. The zero-order chi connectivity index (χ0) is 9.68. The Labute approximate surface area is 91.1 Å². The van der Waals surface area contributed by atoms with Gasteiger partial charge in [0.15, 0.2) is 0 Å². The van der Waals surface area contributed by atoms with Crippen LogP contribution in [0.15, 0.2) is 0 Å². The van der Waals surface area contributed by atoms with E-state index in [0.29, 0.717) is 4.83 Å². The molecule has 0 radical (unpaired) electrons. The standard InChI is InChI=1S/C8H14BrN3S/c1-3-7(9)4-5-10-8-12-11-6(2)13-8/h7H,3-5H2,1-2H3,(H,10,12). The van der Waals surface area contributed by atoms with Crippen molar-refractivity contribution < 1.29 is 0 Å². The van der Waals surface area contributed by atoms with Gasteiger partial charge in [-0.15, -0.1) is 10.2 Å². The maximum Gasteiger partial charge on any atom is 0.205 e. The first-order valence-electron chi connectivity index (χ1n) is 4.40. The summed E-state index contributed by atoms with van der Waals surface area (Å²) >= 11 is 5.18. The summed E-state index contributed by atoms with van der Waals surface area (Å²) < 4.78 is 0. The van der Waals surface area contributed by atoms with Crippen LogP contribution in [0.5, 0.6) is 0 Å². The summed E-state index contributed by atoms with van der Waals surface area (Å²) in [6.07, 6.45) is 2.28. The van der Waals surface area contributed by atoms with Gasteiger partial charge in [-0.1, -0.05) is 34.2 Å². The van der Waals surface area contributed by atoms with E-state index >= 15 is 0 Å². The third-order valence-electron chi connectivity index (χ3n) is 1.70. The van der Waals surface area contributed by atoms with Crippen LogP contribution < -0.4 is 5.32 Å². The number of nitrogens with one attached hydrogen (secondary N) is 1. The van der Waals surface area contributed by atoms with E-state index < -0.39 is 0 Å². The molecule has 0 aliphatic rings. The highest BCUT2D eigenvalue weighted by Gasteiger charge is 2.02. The highest BCUT2D eigenvalue weighted by atomic mass is 79.9. The Kier molecular flexibility index (Phi) is 4.66. The highest BCUT2D eigenvalue weighted by Crippen LogP contribution is 2.15. The quantitative estimate of drug-likeness (QED) is 0.831. The summed E-state index contributed by atoms with van der Waals surface area (Å²) in [4.78, 5) is 0.606. The molecule has 0 aliphatic carbocycles. The number of anilines is 1. The van der Waals surface area contributed by atoms with Gasteiger partial charge >= 0.3 is 0 Å². The van der Waals surface area contributed by atoms with E-state index in [9.17, 15) is 0 Å². The Morgan fingerprint density at radius 3 is 2.85 bits per heavy atom. The highest BCUT2D eigenvalue weighted by molar-refractivity contribution is 9.09. The summed E-state index contributed by atoms with van der Waals surface area (Å²) in [5.41, 5.74) is 0. The summed E-state index contributed by atoms with van der Waals surface area (Å²) in [5, 5.41) is 13.1. The molecule has 0 amide bonds. The minimum atomic E-state index is 0.606. The predicted molar refractivity (Wildman–Crippen MR) is 60.8 cm³/mol. The number of hydrogen-bond acceptors (Lipinski definition) is 4. The van der Waals surface area contributed by atoms with Gasteiger partial charge in [0.1, 0.15) is 5.01 Å². The SMILES string of the molecule is CCC(Br)CCNc1nnc(C)s1. The van der Waals surface area contributed by atoms with Crippen molar-refractivity contribution in [2.45, 2.75) is 31.5 Å². The Hall–Kier alpha value is -0.160. The lowest BCUT2D eigenvalue weighted by atomic mass is 10.2. The van der Waals surface area contributed by atoms with Gasteiger partial charge in [-0.2, -0.15) is 0 Å². The molecule has 0 saturated heterocycles. The van der Waals surface area contributed by atoms with Crippen LogP contribution in [0.4, 0.5) is 5.13 Å². The maximum atomic E-state index is 3.98. The molecule has 0 aromatic carbocycles. The van der Waals surface area contributed by atoms with Gasteiger partial charge in [0.25, 0.3) is 0 Å². The summed E-state index contributed by atoms with van der Waals surface area (Å²) in [7, 11) is 0. The molecule has 1 aromatic heterocycles. The molecule has 0 bridgehead atoms. The molecule has 5 heteroatoms. The summed E-state index contributed by atoms with van der Waals surface area (Å²) in [5.74, 6) is 0. The van der Waals surface area contributed by atoms with Crippen LogP contribution in [0.25, 0.3) is 0 Å². The predicted octanol–water partition coefficient (Wildman–Crippen LogP) is 2.82. The fourth-order valence-electron chi connectivity index (χ4n) is 0.908. The average Bonchev–Trinajstić information content (AvgIpc) is 2.51. The molecule has 1 rings (SSSR count). The first-order chi connectivity index (χ1) is 6.22. The van der Waals surface area contributed by atoms with E-state index in [4.69, 9.17) is 0 Å². The Morgan fingerprint density at radius 2 is 2.31 bits per heavy atom. The number of aromatic nitrogens is 2. The molecular formula is C8H14BrN3S. The molecule has 1 unspecified atom stereocenters. The van der Waals surface area contributed by atoms with E-state index in [0.717, 1.165) is 29.5 Å². The van der Waals surface area contributed by atoms with Gasteiger partial charge in [0.2, 0.25) is 5.13 Å². The largest absolute Gasteiger partial charge is 0.360 e. The van der Waals surface area contributed by atoms with Crippen LogP contribution >= 0.6 is 27.3 Å². The number of rotatable bonds is 5. The minimum absolute atomic E-state index is 0.606. The van der Waals surface area contributed by atoms with Crippen molar-refractivity contribution in [1.82, 2.24) is 10.2 Å². The van der Waals surface area contributed by atoms with Gasteiger partial charge < -0.3 is 5.32 Å². The second kappa shape index (κ2) is 5.54. The first-order valence-corrected chi connectivity index (χ1v) is 6.13. The molecule has 0 aliphatic heterocycles. The monoisotopic (exact) mass is 263 g/mol. The molecule has 1 N–H and O–H groups in total. The van der Waals surface area contributed by atoms with E-state index in [1.807, 2.05) is 6.92 Å². The van der Waals surface area contributed by atoms with E-state index in [-0.39, 0.29) is 0 Å². The molecule has 1 aromatic rings. The Bertz CT molecular complexity index is 251. The molecular weight excluding hydrogens is 250 g/mol. The van der Waals surface area contributed by atoms with Crippen molar-refractivity contribution >= 4 is 32.4 Å². The lowest BCUT2D eigenvalue weighted by molar-refractivity contribution is 0.773. The van der Waals surface area contributed by atoms with Crippen molar-refractivity contribution in [2.24, 2.45) is 0 Å². The van der Waals surface area contributed by atoms with Gasteiger partial charge in [-0.05, 0) is 19.8 Å². The van der Waals surface area contributed by atoms with Crippen LogP contribution in [0, 0.1) is 6.92 Å². The fraction of sp³-hybridized carbons (Fsp3) is 0.750. The lowest BCUT2D eigenvalue weighted by Crippen LogP contribution is -2.07. The van der Waals surface area contributed by atoms with Crippen molar-refractivity contribution in [3.8, 4) is 0 Å². The molecule has 74 valence electrons. The van der Waals surface area contributed by atoms with Crippen molar-refractivity contribution in [3.05, 3.63) is 5.01 Å². The van der Waals surface area contributed by atoms with Crippen molar-refractivity contribution in [1.29, 1.82) is 0 Å². The van der Waals surface area contributed by atoms with Crippen molar-refractivity contribution in [2.75, 3.05) is 11.9 Å². The van der Waals surface area contributed by atoms with Crippen molar-refractivity contribution in [3.63, 3.8) is 0 Å². The molecule has 3 nitrogen and oxygen atoms in total. The van der Waals surface area contributed by atoms with Crippen LogP contribution in [-0.2, 0) is 0 Å². The van der Waals surface area contributed by atoms with Crippen LogP contribution in [0.1, 0.15) is 24.8 Å². The van der Waals surface area contributed by atoms with E-state index in [2.05, 4.69) is 38.4 Å². The average molecular weight is 264 g/mol. The number of halogens is 1. The zero-order valence-electron chi connectivity index (χ0n) is 7.88. The molecule has 13 heavy (non-hydrogen) atoms. The first kappa shape index (κ1) is 10.9. The zero-order valence-corrected chi connectivity index (χ0v) is 10.3. The van der Waals surface area contributed by atoms with Crippen LogP contribution in [0.2, 0.25) is 0 Å². The summed E-state index contributed by atoms with van der Waals surface area (Å²) in [6, 6.07) is 0. The van der Waals surface area contributed by atoms with Crippen LogP contribution in [-0.4, -0.2) is 21.6 Å². The number of alkyl halides is 1. The van der Waals surface area contributed by atoms with Gasteiger partial charge in [0.05, 0.1) is 0 Å². The lowest BCUT2D eigenvalue weighted by Gasteiger charge is -2.05. The Morgan fingerprint density at radius 1 is 1.54 bits per heavy atom. The van der Waals surface area contributed by atoms with E-state index in [1.165, 1.54) is 0 Å². The smallest absolute Gasteiger partial charge is 0.205 e. The van der Waals surface area contributed by atoms with Gasteiger partial charge in [0, 0.05) is 11.4 Å². The maximum absolute atomic E-state index is 3.98. The van der Waals surface area contributed by atoms with Gasteiger partial charge in [-0.25, -0.2) is 0 Å². The van der Waals surface area contributed by atoms with Gasteiger partial charge in [-0.3, -0.25) is 0 Å². The minimum Gasteiger partial charge on any atom is -0.360 e. The molecule has 0 fully saturated rings. The van der Waals surface area contributed by atoms with E-state index in [1.54, 1.807) is 11.3 Å². The second-order valence-corrected chi connectivity index (χ2v) is 5.32. The third kappa shape index (κ3) is 4.04. The molecule has 0 saturated carbocycles. The molecule has 1 heterocycles. The fourth-order valence-corrected chi connectivity index (χ4v) is 1.75. The number of nitrogens with zero attached hydrogens (tertiary/aromatic N) is 2. The summed E-state index contributed by atoms with van der Waals surface area (Å²) in [6.45, 7) is 5.09. The number of hydrogen-bond donors (Lipinski definition) is 1. The van der Waals surface area contributed by atoms with Crippen LogP contribution in [0.3, 0.4) is 0 Å². The molecule has 1 atom stereocenters.